The number of carbonyl (C=O) groups excluding carboxylic acids is 1. The minimum atomic E-state index is -0.304. The summed E-state index contributed by atoms with van der Waals surface area (Å²) in [6, 6.07) is 5.78. The summed E-state index contributed by atoms with van der Waals surface area (Å²) in [7, 11) is 0. The molecule has 1 aromatic carbocycles. The first-order valence-corrected chi connectivity index (χ1v) is 10.2. The van der Waals surface area contributed by atoms with E-state index in [2.05, 4.69) is 4.98 Å². The van der Waals surface area contributed by atoms with Gasteiger partial charge >= 0.3 is 0 Å². The first kappa shape index (κ1) is 18.0. The predicted molar refractivity (Wildman–Crippen MR) is 103 cm³/mol. The number of nitrogens with zero attached hydrogens (tertiary/aromatic N) is 2. The van der Waals surface area contributed by atoms with E-state index in [9.17, 15) is 4.79 Å². The van der Waals surface area contributed by atoms with Crippen molar-refractivity contribution in [3.63, 3.8) is 0 Å². The number of amides is 1. The third-order valence-corrected chi connectivity index (χ3v) is 6.67. The lowest BCUT2D eigenvalue weighted by atomic mass is 9.70. The number of aromatic nitrogens is 1. The van der Waals surface area contributed by atoms with Gasteiger partial charge < -0.3 is 18.8 Å². The molecule has 1 spiro atoms. The molecule has 2 fully saturated rings. The molecular formula is C21H23ClN2O4. The zero-order chi connectivity index (χ0) is 19.3. The van der Waals surface area contributed by atoms with Gasteiger partial charge in [0.2, 0.25) is 0 Å². The van der Waals surface area contributed by atoms with E-state index in [1.165, 1.54) is 6.39 Å². The molecule has 7 heteroatoms. The molecule has 1 amide bonds. The van der Waals surface area contributed by atoms with Crippen LogP contribution in [0.2, 0.25) is 5.02 Å². The van der Waals surface area contributed by atoms with E-state index in [4.69, 9.17) is 25.5 Å². The Morgan fingerprint density at radius 3 is 2.89 bits per heavy atom. The summed E-state index contributed by atoms with van der Waals surface area (Å²) in [5.74, 6) is 1.63. The molecule has 4 heterocycles. The zero-order valence-electron chi connectivity index (χ0n) is 15.8. The number of oxazole rings is 1. The van der Waals surface area contributed by atoms with E-state index < -0.39 is 0 Å². The number of ether oxygens (including phenoxy) is 2. The summed E-state index contributed by atoms with van der Waals surface area (Å²) in [6.07, 6.45) is 4.99. The molecule has 0 radical (unpaired) electrons. The van der Waals surface area contributed by atoms with Crippen molar-refractivity contribution in [1.29, 1.82) is 0 Å². The molecule has 0 aliphatic carbocycles. The first-order valence-electron chi connectivity index (χ1n) is 9.87. The van der Waals surface area contributed by atoms with Crippen LogP contribution in [0.3, 0.4) is 0 Å². The second kappa shape index (κ2) is 6.78. The van der Waals surface area contributed by atoms with Crippen molar-refractivity contribution < 1.29 is 18.7 Å². The van der Waals surface area contributed by atoms with Crippen LogP contribution < -0.4 is 4.74 Å². The number of piperidine rings is 1. The van der Waals surface area contributed by atoms with Crippen LogP contribution in [0.5, 0.6) is 5.75 Å². The van der Waals surface area contributed by atoms with Gasteiger partial charge in [-0.15, -0.1) is 0 Å². The van der Waals surface area contributed by atoms with Gasteiger partial charge in [-0.1, -0.05) is 11.6 Å². The lowest BCUT2D eigenvalue weighted by Gasteiger charge is -2.53. The number of fused-ring (bicyclic) bond motifs is 4. The molecule has 1 aromatic heterocycles. The molecule has 2 aromatic rings. The van der Waals surface area contributed by atoms with Gasteiger partial charge in [0.25, 0.3) is 5.91 Å². The smallest absolute Gasteiger partial charge is 0.276 e. The molecule has 5 rings (SSSR count). The second-order valence-electron chi connectivity index (χ2n) is 7.94. The van der Waals surface area contributed by atoms with Crippen molar-refractivity contribution in [2.75, 3.05) is 19.7 Å². The van der Waals surface area contributed by atoms with Gasteiger partial charge in [-0.05, 0) is 38.0 Å². The van der Waals surface area contributed by atoms with E-state index in [1.54, 1.807) is 6.92 Å². The molecule has 3 aliphatic rings. The van der Waals surface area contributed by atoms with Crippen LogP contribution in [0.1, 0.15) is 53.6 Å². The van der Waals surface area contributed by atoms with Crippen LogP contribution in [0, 0.1) is 12.8 Å². The lowest BCUT2D eigenvalue weighted by molar-refractivity contribution is -0.147. The molecule has 3 aliphatic heterocycles. The minimum absolute atomic E-state index is 0.0104. The van der Waals surface area contributed by atoms with Crippen molar-refractivity contribution in [1.82, 2.24) is 9.88 Å². The van der Waals surface area contributed by atoms with Crippen LogP contribution in [-0.2, 0) is 4.74 Å². The fourth-order valence-corrected chi connectivity index (χ4v) is 5.16. The van der Waals surface area contributed by atoms with E-state index in [-0.39, 0.29) is 23.5 Å². The molecule has 0 bridgehead atoms. The van der Waals surface area contributed by atoms with Crippen molar-refractivity contribution in [2.45, 2.75) is 44.3 Å². The maximum Gasteiger partial charge on any atom is 0.276 e. The molecular weight excluding hydrogens is 380 g/mol. The maximum absolute atomic E-state index is 12.8. The summed E-state index contributed by atoms with van der Waals surface area (Å²) in [5, 5.41) is 0.703. The Hall–Kier alpha value is -2.05. The Morgan fingerprint density at radius 2 is 2.14 bits per heavy atom. The highest BCUT2D eigenvalue weighted by molar-refractivity contribution is 6.30. The van der Waals surface area contributed by atoms with Gasteiger partial charge in [-0.25, -0.2) is 4.98 Å². The molecule has 28 heavy (non-hydrogen) atoms. The monoisotopic (exact) mass is 402 g/mol. The van der Waals surface area contributed by atoms with Gasteiger partial charge in [0.1, 0.15) is 17.1 Å². The minimum Gasteiger partial charge on any atom is -0.486 e. The Bertz CT molecular complexity index is 904. The highest BCUT2D eigenvalue weighted by Crippen LogP contribution is 2.53. The summed E-state index contributed by atoms with van der Waals surface area (Å²) < 4.78 is 18.0. The molecule has 0 unspecified atom stereocenters. The SMILES string of the molecule is Cc1ocnc1C(=O)N1CCC2(CC1)Oc1ccc(Cl)cc1[C@H]1OCCC[C@@H]12. The van der Waals surface area contributed by atoms with Crippen LogP contribution in [-0.4, -0.2) is 41.1 Å². The predicted octanol–water partition coefficient (Wildman–Crippen LogP) is 4.17. The fraction of sp³-hybridized carbons (Fsp3) is 0.524. The molecule has 2 saturated heterocycles. The number of halogens is 1. The Kier molecular flexibility index (Phi) is 4.36. The third-order valence-electron chi connectivity index (χ3n) is 6.43. The topological polar surface area (TPSA) is 64.8 Å². The van der Waals surface area contributed by atoms with E-state index in [0.717, 1.165) is 43.6 Å². The highest BCUT2D eigenvalue weighted by Gasteiger charge is 2.52. The van der Waals surface area contributed by atoms with Gasteiger partial charge in [0.05, 0.1) is 6.10 Å². The summed E-state index contributed by atoms with van der Waals surface area (Å²) >= 11 is 6.23. The zero-order valence-corrected chi connectivity index (χ0v) is 16.6. The van der Waals surface area contributed by atoms with Crippen molar-refractivity contribution in [3.05, 3.63) is 46.6 Å². The number of aryl methyl sites for hydroxylation is 1. The van der Waals surface area contributed by atoms with E-state index in [1.807, 2.05) is 23.1 Å². The van der Waals surface area contributed by atoms with Gasteiger partial charge in [0, 0.05) is 49.0 Å². The van der Waals surface area contributed by atoms with Crippen LogP contribution >= 0.6 is 11.6 Å². The maximum atomic E-state index is 12.8. The summed E-state index contributed by atoms with van der Waals surface area (Å²) in [4.78, 5) is 18.7. The fourth-order valence-electron chi connectivity index (χ4n) is 4.98. The molecule has 2 atom stereocenters. The molecule has 0 N–H and O–H groups in total. The molecule has 6 nitrogen and oxygen atoms in total. The van der Waals surface area contributed by atoms with Gasteiger partial charge in [-0.2, -0.15) is 0 Å². The normalized spacial score (nSPS) is 25.7. The first-order chi connectivity index (χ1) is 13.6. The van der Waals surface area contributed by atoms with Crippen molar-refractivity contribution in [3.8, 4) is 5.75 Å². The third kappa shape index (κ3) is 2.81. The lowest BCUT2D eigenvalue weighted by Crippen LogP contribution is -2.57. The van der Waals surface area contributed by atoms with Crippen molar-refractivity contribution >= 4 is 17.5 Å². The van der Waals surface area contributed by atoms with Gasteiger partial charge in [0.15, 0.2) is 12.1 Å². The number of likely N-dealkylation sites (tertiary alicyclic amines) is 1. The quantitative estimate of drug-likeness (QED) is 0.716. The number of hydrogen-bond acceptors (Lipinski definition) is 5. The van der Waals surface area contributed by atoms with E-state index in [0.29, 0.717) is 29.6 Å². The Morgan fingerprint density at radius 1 is 1.32 bits per heavy atom. The summed E-state index contributed by atoms with van der Waals surface area (Å²) in [5.41, 5.74) is 1.15. The molecule has 148 valence electrons. The van der Waals surface area contributed by atoms with Crippen molar-refractivity contribution in [2.24, 2.45) is 5.92 Å². The van der Waals surface area contributed by atoms with Crippen LogP contribution in [0.25, 0.3) is 0 Å². The number of rotatable bonds is 1. The Labute approximate surface area is 168 Å². The van der Waals surface area contributed by atoms with Crippen LogP contribution in [0.15, 0.2) is 29.0 Å². The standard InChI is InChI=1S/C21H23ClN2O4/c1-13-18(23-12-27-13)20(25)24-8-6-21(7-9-24)16-3-2-10-26-19(16)15-11-14(22)4-5-17(15)28-21/h4-5,11-12,16,19H,2-3,6-10H2,1H3/t16-,19+/m0/s1. The highest BCUT2D eigenvalue weighted by atomic mass is 35.5. The average Bonchev–Trinajstić information content (AvgIpc) is 3.15. The summed E-state index contributed by atoms with van der Waals surface area (Å²) in [6.45, 7) is 3.80. The number of benzene rings is 1. The van der Waals surface area contributed by atoms with E-state index >= 15 is 0 Å². The number of hydrogen-bond donors (Lipinski definition) is 0. The van der Waals surface area contributed by atoms with Crippen LogP contribution in [0.4, 0.5) is 0 Å². The second-order valence-corrected chi connectivity index (χ2v) is 8.37. The Balaban J connectivity index is 1.41. The largest absolute Gasteiger partial charge is 0.486 e. The average molecular weight is 403 g/mol. The number of carbonyl (C=O) groups is 1. The van der Waals surface area contributed by atoms with Gasteiger partial charge in [-0.3, -0.25) is 4.79 Å². The molecule has 0 saturated carbocycles.